The molecule has 3 aromatic carbocycles. The van der Waals surface area contributed by atoms with Gasteiger partial charge in [0.25, 0.3) is 0 Å². The first-order valence-electron chi connectivity index (χ1n) is 15.4. The van der Waals surface area contributed by atoms with Gasteiger partial charge in [-0.25, -0.2) is 9.97 Å². The van der Waals surface area contributed by atoms with Crippen molar-refractivity contribution >= 4 is 21.8 Å². The minimum Gasteiger partial charge on any atom is -0.488 e. The lowest BCUT2D eigenvalue weighted by molar-refractivity contribution is 0.303. The Balaban J connectivity index is 1.09. The molecule has 7 nitrogen and oxygen atoms in total. The van der Waals surface area contributed by atoms with E-state index in [4.69, 9.17) is 14.7 Å². The average Bonchev–Trinajstić information content (AvgIpc) is 3.33. The zero-order chi connectivity index (χ0) is 27.2. The fourth-order valence-corrected chi connectivity index (χ4v) is 7.36. The van der Waals surface area contributed by atoms with Crippen molar-refractivity contribution in [1.82, 2.24) is 30.6 Å². The van der Waals surface area contributed by atoms with Crippen LogP contribution in [0, 0.1) is 0 Å². The molecule has 9 rings (SSSR count). The van der Waals surface area contributed by atoms with Gasteiger partial charge in [-0.1, -0.05) is 18.2 Å². The summed E-state index contributed by atoms with van der Waals surface area (Å²) >= 11 is 0. The maximum Gasteiger partial charge on any atom is 0.128 e. The first kappa shape index (κ1) is 24.0. The third-order valence-electron chi connectivity index (χ3n) is 9.78. The lowest BCUT2D eigenvalue weighted by Gasteiger charge is -2.22. The molecule has 208 valence electrons. The van der Waals surface area contributed by atoms with Crippen LogP contribution in [0.4, 0.5) is 0 Å². The van der Waals surface area contributed by atoms with E-state index in [1.54, 1.807) is 0 Å². The van der Waals surface area contributed by atoms with Gasteiger partial charge in [-0.15, -0.1) is 0 Å². The van der Waals surface area contributed by atoms with Crippen molar-refractivity contribution in [2.75, 3.05) is 0 Å². The number of benzene rings is 3. The van der Waals surface area contributed by atoms with Gasteiger partial charge in [-0.2, -0.15) is 0 Å². The number of fused-ring (bicyclic) bond motifs is 6. The van der Waals surface area contributed by atoms with Crippen LogP contribution in [0.15, 0.2) is 42.5 Å². The number of hydrogen-bond acceptors (Lipinski definition) is 5. The van der Waals surface area contributed by atoms with E-state index < -0.39 is 0 Å². The largest absolute Gasteiger partial charge is 0.488 e. The maximum absolute atomic E-state index is 6.42. The predicted molar refractivity (Wildman–Crippen MR) is 162 cm³/mol. The number of nitrogens with one attached hydrogen (secondary N) is 4. The molecule has 41 heavy (non-hydrogen) atoms. The van der Waals surface area contributed by atoms with Gasteiger partial charge >= 0.3 is 0 Å². The molecule has 2 saturated heterocycles. The Labute approximate surface area is 239 Å². The topological polar surface area (TPSA) is 90.7 Å². The number of aromatic nitrogens is 4. The fraction of sp³-hybridized carbons (Fsp3) is 0.412. The molecule has 1 aliphatic carbocycles. The average molecular weight is 545 g/mol. The van der Waals surface area contributed by atoms with E-state index in [9.17, 15) is 0 Å². The molecule has 0 bridgehead atoms. The summed E-state index contributed by atoms with van der Waals surface area (Å²) in [4.78, 5) is 17.6. The molecule has 4 N–H and O–H groups in total. The van der Waals surface area contributed by atoms with Gasteiger partial charge in [0.05, 0.1) is 28.8 Å². The molecule has 0 spiro atoms. The second kappa shape index (κ2) is 8.91. The van der Waals surface area contributed by atoms with Gasteiger partial charge in [-0.05, 0) is 93.2 Å². The molecule has 1 saturated carbocycles. The second-order valence-corrected chi connectivity index (χ2v) is 12.9. The molecule has 5 heterocycles. The molecule has 0 amide bonds. The summed E-state index contributed by atoms with van der Waals surface area (Å²) in [5.41, 5.74) is 9.36. The summed E-state index contributed by atoms with van der Waals surface area (Å²) in [6.45, 7) is 5.07. The summed E-state index contributed by atoms with van der Waals surface area (Å²) in [5.74, 6) is 3.68. The Bertz CT molecular complexity index is 1830. The monoisotopic (exact) mass is 544 g/mol. The van der Waals surface area contributed by atoms with Crippen molar-refractivity contribution in [3.05, 3.63) is 65.4 Å². The van der Waals surface area contributed by atoms with Gasteiger partial charge in [0.1, 0.15) is 24.0 Å². The van der Waals surface area contributed by atoms with E-state index in [0.717, 1.165) is 57.9 Å². The summed E-state index contributed by atoms with van der Waals surface area (Å²) < 4.78 is 6.42. The van der Waals surface area contributed by atoms with Crippen LogP contribution in [0.2, 0.25) is 0 Å². The molecule has 4 atom stereocenters. The van der Waals surface area contributed by atoms with E-state index in [0.29, 0.717) is 36.7 Å². The Hall–Kier alpha value is -3.68. The number of imidazole rings is 2. The molecule has 4 aliphatic rings. The van der Waals surface area contributed by atoms with Crippen LogP contribution in [0.25, 0.3) is 44.2 Å². The molecule has 3 aliphatic heterocycles. The summed E-state index contributed by atoms with van der Waals surface area (Å²) in [5, 5.41) is 9.69. The highest BCUT2D eigenvalue weighted by Gasteiger charge is 2.33. The Morgan fingerprint density at radius 1 is 0.756 bits per heavy atom. The van der Waals surface area contributed by atoms with Crippen LogP contribution in [0.3, 0.4) is 0 Å². The zero-order valence-corrected chi connectivity index (χ0v) is 23.7. The minimum atomic E-state index is 0.298. The normalized spacial score (nSPS) is 25.5. The molecule has 3 fully saturated rings. The van der Waals surface area contributed by atoms with Crippen LogP contribution in [-0.2, 0) is 6.61 Å². The van der Waals surface area contributed by atoms with E-state index >= 15 is 0 Å². The van der Waals surface area contributed by atoms with Crippen molar-refractivity contribution in [3.63, 3.8) is 0 Å². The highest BCUT2D eigenvalue weighted by Crippen LogP contribution is 2.46. The third kappa shape index (κ3) is 3.93. The molecular formula is C34H36N6O. The predicted octanol–water partition coefficient (Wildman–Crippen LogP) is 7.17. The van der Waals surface area contributed by atoms with E-state index in [-0.39, 0.29) is 0 Å². The summed E-state index contributed by atoms with van der Waals surface area (Å²) in [6, 6.07) is 17.4. The lowest BCUT2D eigenvalue weighted by Crippen LogP contribution is -2.21. The number of ether oxygens (including phenoxy) is 1. The molecular weight excluding hydrogens is 508 g/mol. The Morgan fingerprint density at radius 3 is 2.27 bits per heavy atom. The van der Waals surface area contributed by atoms with Crippen LogP contribution < -0.4 is 15.4 Å². The van der Waals surface area contributed by atoms with Crippen molar-refractivity contribution in [2.45, 2.75) is 89.1 Å². The van der Waals surface area contributed by atoms with Crippen LogP contribution >= 0.6 is 0 Å². The molecule has 0 radical (unpaired) electrons. The van der Waals surface area contributed by atoms with Crippen molar-refractivity contribution in [2.24, 2.45) is 0 Å². The van der Waals surface area contributed by atoms with E-state index in [2.05, 4.69) is 76.9 Å². The van der Waals surface area contributed by atoms with Gasteiger partial charge in [0.2, 0.25) is 0 Å². The molecule has 7 heteroatoms. The van der Waals surface area contributed by atoms with Crippen molar-refractivity contribution in [1.29, 1.82) is 0 Å². The lowest BCUT2D eigenvalue weighted by atomic mass is 9.92. The summed E-state index contributed by atoms with van der Waals surface area (Å²) in [7, 11) is 0. The van der Waals surface area contributed by atoms with Crippen LogP contribution in [0.5, 0.6) is 5.75 Å². The van der Waals surface area contributed by atoms with Gasteiger partial charge < -0.3 is 25.3 Å². The number of hydrogen-bond donors (Lipinski definition) is 4. The highest BCUT2D eigenvalue weighted by atomic mass is 16.5. The van der Waals surface area contributed by atoms with Crippen LogP contribution in [-0.4, -0.2) is 32.0 Å². The quantitative estimate of drug-likeness (QED) is 0.193. The fourth-order valence-electron chi connectivity index (χ4n) is 7.36. The minimum absolute atomic E-state index is 0.298. The SMILES string of the molecule is CC1CCC(c2nc(-c3ccc4c(c3)COc3cc5c(ccc6[nH]c(C7CCC(C)N7)nc65)cc3-4)c(C3CC3)[nH]2)N1. The van der Waals surface area contributed by atoms with E-state index in [1.165, 1.54) is 53.5 Å². The van der Waals surface area contributed by atoms with Gasteiger partial charge in [0, 0.05) is 40.2 Å². The standard InChI is InChI=1S/C34H36N6O/c1-17-3-10-27(35-17)33-37-26-12-8-20-14-25-23-9-7-21(13-22(23)16-41-29(25)15-24(20)32(26)40-33)31-30(19-5-6-19)38-34(39-31)28-11-4-18(2)36-28/h7-9,12-15,17-19,27-28,35-36H,3-6,10-11,16H2,1-2H3,(H,37,40)(H,38,39). The van der Waals surface area contributed by atoms with Crippen LogP contribution in [0.1, 0.15) is 93.3 Å². The van der Waals surface area contributed by atoms with Gasteiger partial charge in [-0.3, -0.25) is 0 Å². The zero-order valence-electron chi connectivity index (χ0n) is 23.7. The number of aromatic amines is 2. The van der Waals surface area contributed by atoms with E-state index in [1.807, 2.05) is 0 Å². The molecule has 4 unspecified atom stereocenters. The first-order valence-corrected chi connectivity index (χ1v) is 15.4. The highest BCUT2D eigenvalue weighted by molar-refractivity contribution is 6.07. The Kier molecular flexibility index (Phi) is 5.21. The second-order valence-electron chi connectivity index (χ2n) is 12.9. The smallest absolute Gasteiger partial charge is 0.128 e. The number of nitrogens with zero attached hydrogens (tertiary/aromatic N) is 2. The third-order valence-corrected chi connectivity index (χ3v) is 9.78. The molecule has 2 aromatic heterocycles. The number of H-pyrrole nitrogens is 2. The first-order chi connectivity index (χ1) is 20.1. The number of rotatable bonds is 4. The van der Waals surface area contributed by atoms with Crippen molar-refractivity contribution < 1.29 is 4.74 Å². The molecule has 5 aromatic rings. The maximum atomic E-state index is 6.42. The Morgan fingerprint density at radius 2 is 1.54 bits per heavy atom. The van der Waals surface area contributed by atoms with Crippen molar-refractivity contribution in [3.8, 4) is 28.1 Å². The van der Waals surface area contributed by atoms with Gasteiger partial charge in [0.15, 0.2) is 0 Å². The summed E-state index contributed by atoms with van der Waals surface area (Å²) in [6.07, 6.45) is 7.15.